The molecule has 2 aliphatic heterocycles. The summed E-state index contributed by atoms with van der Waals surface area (Å²) in [6.07, 6.45) is 0. The minimum Gasteiger partial charge on any atom is -0.311 e. The molecular weight excluding hydrogens is 430 g/mol. The third-order valence-corrected chi connectivity index (χ3v) is 7.79. The number of rotatable bonds is 3. The molecule has 0 radical (unpaired) electrons. The minimum absolute atomic E-state index is 0.102. The van der Waals surface area contributed by atoms with Gasteiger partial charge in [0.1, 0.15) is 0 Å². The van der Waals surface area contributed by atoms with Gasteiger partial charge in [0.2, 0.25) is 0 Å². The lowest BCUT2D eigenvalue weighted by Crippen LogP contribution is -2.50. The van der Waals surface area contributed by atoms with Crippen molar-refractivity contribution >= 4 is 29.3 Å². The Balaban J connectivity index is 1.61. The number of amides is 2. The summed E-state index contributed by atoms with van der Waals surface area (Å²) in [7, 11) is 0. The van der Waals surface area contributed by atoms with Gasteiger partial charge in [-0.3, -0.25) is 9.59 Å². The van der Waals surface area contributed by atoms with E-state index in [0.717, 1.165) is 27.9 Å². The first kappa shape index (κ1) is 21.3. The lowest BCUT2D eigenvalue weighted by atomic mass is 10.0. The van der Waals surface area contributed by atoms with Crippen molar-refractivity contribution in [3.63, 3.8) is 0 Å². The van der Waals surface area contributed by atoms with Crippen LogP contribution in [-0.4, -0.2) is 29.0 Å². The quantitative estimate of drug-likeness (QED) is 0.573. The summed E-state index contributed by atoms with van der Waals surface area (Å²) in [5.74, 6) is 0.469. The van der Waals surface area contributed by atoms with Gasteiger partial charge in [0, 0.05) is 23.4 Å². The summed E-state index contributed by atoms with van der Waals surface area (Å²) >= 11 is 1.53. The number of hydrogen-bond donors (Lipinski definition) is 0. The average Bonchev–Trinajstić information content (AvgIpc) is 3.36. The highest BCUT2D eigenvalue weighted by Gasteiger charge is 2.59. The number of nitrogens with zero attached hydrogens (tertiary/aromatic N) is 3. The van der Waals surface area contributed by atoms with E-state index in [0.29, 0.717) is 30.0 Å². The fourth-order valence-electron chi connectivity index (χ4n) is 4.77. The van der Waals surface area contributed by atoms with Crippen molar-refractivity contribution in [3.05, 3.63) is 100 Å². The van der Waals surface area contributed by atoms with Gasteiger partial charge in [-0.2, -0.15) is 5.26 Å². The van der Waals surface area contributed by atoms with Crippen molar-refractivity contribution in [2.24, 2.45) is 0 Å². The normalized spacial score (nSPS) is 19.1. The van der Waals surface area contributed by atoms with Crippen molar-refractivity contribution in [2.45, 2.75) is 25.3 Å². The van der Waals surface area contributed by atoms with Crippen LogP contribution in [0.3, 0.4) is 0 Å². The molecule has 3 aromatic rings. The minimum atomic E-state index is -1.08. The van der Waals surface area contributed by atoms with Crippen molar-refractivity contribution in [1.82, 2.24) is 4.90 Å². The average molecular weight is 454 g/mol. The van der Waals surface area contributed by atoms with E-state index in [1.807, 2.05) is 74.5 Å². The fraction of sp³-hybridized carbons (Fsp3) is 0.222. The van der Waals surface area contributed by atoms with E-state index in [-0.39, 0.29) is 11.8 Å². The standard InChI is InChI=1S/C27H23N3O2S/c1-18-10-11-24-23(14-18)27(26(32)29(24)17-21-8-5-7-20(15-21)16-28)30(12-13-33-27)25(31)22-9-4-3-6-19(22)2/h3-11,14-15H,12-13,17H2,1-2H3/t27-/m1/s1. The van der Waals surface area contributed by atoms with Crippen LogP contribution in [-0.2, 0) is 16.2 Å². The molecular formula is C27H23N3O2S. The predicted octanol–water partition coefficient (Wildman–Crippen LogP) is 4.76. The van der Waals surface area contributed by atoms with Crippen LogP contribution in [0.2, 0.25) is 0 Å². The number of hydrogen-bond acceptors (Lipinski definition) is 4. The van der Waals surface area contributed by atoms with Crippen molar-refractivity contribution < 1.29 is 9.59 Å². The molecule has 0 saturated carbocycles. The predicted molar refractivity (Wildman–Crippen MR) is 130 cm³/mol. The zero-order valence-electron chi connectivity index (χ0n) is 18.5. The molecule has 2 heterocycles. The molecule has 1 spiro atoms. The van der Waals surface area contributed by atoms with E-state index in [9.17, 15) is 14.9 Å². The number of carbonyl (C=O) groups is 2. The van der Waals surface area contributed by atoms with Crippen LogP contribution < -0.4 is 4.90 Å². The Hall–Kier alpha value is -3.56. The molecule has 0 aliphatic carbocycles. The molecule has 1 saturated heterocycles. The SMILES string of the molecule is Cc1ccc2c(c1)[C@@]1(SCCN1C(=O)c1ccccc1C)C(=O)N2Cc1cccc(C#N)c1. The second-order valence-electron chi connectivity index (χ2n) is 8.49. The number of thioether (sulfide) groups is 1. The van der Waals surface area contributed by atoms with Gasteiger partial charge in [0.25, 0.3) is 11.8 Å². The molecule has 3 aromatic carbocycles. The van der Waals surface area contributed by atoms with E-state index in [4.69, 9.17) is 0 Å². The van der Waals surface area contributed by atoms with Crippen LogP contribution in [0, 0.1) is 25.2 Å². The molecule has 0 aromatic heterocycles. The van der Waals surface area contributed by atoms with Gasteiger partial charge in [-0.25, -0.2) is 0 Å². The third-order valence-electron chi connectivity index (χ3n) is 6.37. The molecule has 5 nitrogen and oxygen atoms in total. The lowest BCUT2D eigenvalue weighted by molar-refractivity contribution is -0.123. The zero-order valence-corrected chi connectivity index (χ0v) is 19.4. The number of aryl methyl sites for hydroxylation is 2. The first-order valence-electron chi connectivity index (χ1n) is 10.9. The van der Waals surface area contributed by atoms with Gasteiger partial charge in [0.05, 0.1) is 23.9 Å². The maximum Gasteiger partial charge on any atom is 0.268 e. The molecule has 1 fully saturated rings. The number of fused-ring (bicyclic) bond motifs is 2. The van der Waals surface area contributed by atoms with Gasteiger partial charge < -0.3 is 9.80 Å². The summed E-state index contributed by atoms with van der Waals surface area (Å²) in [5.41, 5.74) is 5.70. The second kappa shape index (κ2) is 8.09. The van der Waals surface area contributed by atoms with Gasteiger partial charge in [0.15, 0.2) is 4.87 Å². The van der Waals surface area contributed by atoms with E-state index in [1.54, 1.807) is 15.9 Å². The largest absolute Gasteiger partial charge is 0.311 e. The Morgan fingerprint density at radius 2 is 1.91 bits per heavy atom. The van der Waals surface area contributed by atoms with Crippen LogP contribution in [0.25, 0.3) is 0 Å². The molecule has 2 aliphatic rings. The highest BCUT2D eigenvalue weighted by atomic mass is 32.2. The number of carbonyl (C=O) groups excluding carboxylic acids is 2. The summed E-state index contributed by atoms with van der Waals surface area (Å²) in [6.45, 7) is 4.78. The van der Waals surface area contributed by atoms with Gasteiger partial charge >= 0.3 is 0 Å². The summed E-state index contributed by atoms with van der Waals surface area (Å²) in [6, 6.07) is 23.0. The van der Waals surface area contributed by atoms with Gasteiger partial charge in [-0.05, 0) is 49.2 Å². The zero-order chi connectivity index (χ0) is 23.2. The number of nitriles is 1. The summed E-state index contributed by atoms with van der Waals surface area (Å²) in [4.78, 5) is 30.3. The summed E-state index contributed by atoms with van der Waals surface area (Å²) < 4.78 is 0. The molecule has 0 N–H and O–H groups in total. The number of benzene rings is 3. The van der Waals surface area contributed by atoms with Crippen molar-refractivity contribution in [2.75, 3.05) is 17.2 Å². The molecule has 2 amide bonds. The van der Waals surface area contributed by atoms with Crippen LogP contribution in [0.4, 0.5) is 5.69 Å². The van der Waals surface area contributed by atoms with E-state index in [1.165, 1.54) is 11.8 Å². The molecule has 0 unspecified atom stereocenters. The topological polar surface area (TPSA) is 64.4 Å². The summed E-state index contributed by atoms with van der Waals surface area (Å²) in [5, 5.41) is 9.28. The van der Waals surface area contributed by atoms with Crippen LogP contribution >= 0.6 is 11.8 Å². The Morgan fingerprint density at radius 3 is 2.70 bits per heavy atom. The molecule has 33 heavy (non-hydrogen) atoms. The van der Waals surface area contributed by atoms with Gasteiger partial charge in [-0.1, -0.05) is 48.0 Å². The molecule has 0 bridgehead atoms. The highest BCUT2D eigenvalue weighted by molar-refractivity contribution is 8.01. The first-order valence-corrected chi connectivity index (χ1v) is 11.9. The fourth-order valence-corrected chi connectivity index (χ4v) is 6.22. The van der Waals surface area contributed by atoms with Crippen molar-refractivity contribution in [3.8, 4) is 6.07 Å². The van der Waals surface area contributed by atoms with E-state index in [2.05, 4.69) is 6.07 Å². The van der Waals surface area contributed by atoms with E-state index < -0.39 is 4.87 Å². The van der Waals surface area contributed by atoms with Crippen LogP contribution in [0.15, 0.2) is 66.7 Å². The van der Waals surface area contributed by atoms with Gasteiger partial charge in [-0.15, -0.1) is 11.8 Å². The lowest BCUT2D eigenvalue weighted by Gasteiger charge is -2.33. The second-order valence-corrected chi connectivity index (χ2v) is 9.78. The first-order chi connectivity index (χ1) is 16.0. The maximum absolute atomic E-state index is 14.1. The number of anilines is 1. The Bertz CT molecular complexity index is 1330. The molecule has 6 heteroatoms. The Labute approximate surface area is 197 Å². The third kappa shape index (κ3) is 3.32. The Kier molecular flexibility index (Phi) is 5.22. The van der Waals surface area contributed by atoms with Crippen LogP contribution in [0.5, 0.6) is 0 Å². The van der Waals surface area contributed by atoms with E-state index >= 15 is 0 Å². The maximum atomic E-state index is 14.1. The van der Waals surface area contributed by atoms with Crippen LogP contribution in [0.1, 0.15) is 38.2 Å². The highest BCUT2D eigenvalue weighted by Crippen LogP contribution is 2.55. The molecule has 5 rings (SSSR count). The molecule has 1 atom stereocenters. The Morgan fingerprint density at radius 1 is 1.09 bits per heavy atom. The monoisotopic (exact) mass is 453 g/mol. The smallest absolute Gasteiger partial charge is 0.268 e. The molecule has 164 valence electrons. The van der Waals surface area contributed by atoms with Crippen molar-refractivity contribution in [1.29, 1.82) is 5.26 Å².